The lowest BCUT2D eigenvalue weighted by atomic mass is 10.1. The van der Waals surface area contributed by atoms with Crippen molar-refractivity contribution in [1.82, 2.24) is 5.32 Å². The molecule has 1 aromatic rings. The van der Waals surface area contributed by atoms with E-state index in [2.05, 4.69) is 29.6 Å². The molecule has 1 aliphatic heterocycles. The second kappa shape index (κ2) is 7.48. The van der Waals surface area contributed by atoms with Crippen molar-refractivity contribution < 1.29 is 14.4 Å². The van der Waals surface area contributed by atoms with Crippen LogP contribution >= 0.6 is 11.6 Å². The number of hydrogen-bond donors (Lipinski definition) is 2. The van der Waals surface area contributed by atoms with Crippen molar-refractivity contribution in [2.45, 2.75) is 13.1 Å². The number of hydrogen-bond acceptors (Lipinski definition) is 2. The molecule has 0 spiro atoms. The molecule has 2 N–H and O–H groups in total. The number of morpholine rings is 1. The van der Waals surface area contributed by atoms with Gasteiger partial charge in [-0.2, -0.15) is 0 Å². The van der Waals surface area contributed by atoms with Crippen LogP contribution in [0.2, 0.25) is 0 Å². The van der Waals surface area contributed by atoms with Crippen molar-refractivity contribution in [1.29, 1.82) is 0 Å². The summed E-state index contributed by atoms with van der Waals surface area (Å²) in [6.45, 7) is 5.45. The zero-order valence-corrected chi connectivity index (χ0v) is 11.7. The number of alkyl halides is 1. The second-order valence-electron chi connectivity index (χ2n) is 4.77. The molecule has 19 heavy (non-hydrogen) atoms. The van der Waals surface area contributed by atoms with Gasteiger partial charge < -0.3 is 15.0 Å². The number of carbonyl (C=O) groups excluding carboxylic acids is 1. The predicted molar refractivity (Wildman–Crippen MR) is 74.2 cm³/mol. The molecule has 1 heterocycles. The minimum absolute atomic E-state index is 0.0124. The zero-order valence-electron chi connectivity index (χ0n) is 11.0. The molecule has 104 valence electrons. The summed E-state index contributed by atoms with van der Waals surface area (Å²) in [5.74, 6) is -0.123. The van der Waals surface area contributed by atoms with Crippen LogP contribution in [0.25, 0.3) is 0 Å². The van der Waals surface area contributed by atoms with Gasteiger partial charge in [-0.05, 0) is 5.56 Å². The average Bonchev–Trinajstić information content (AvgIpc) is 2.47. The maximum atomic E-state index is 11.1. The van der Waals surface area contributed by atoms with Gasteiger partial charge in [0.1, 0.15) is 25.5 Å². The Bertz CT molecular complexity index is 402. The van der Waals surface area contributed by atoms with Crippen LogP contribution in [0.15, 0.2) is 24.3 Å². The summed E-state index contributed by atoms with van der Waals surface area (Å²) in [6, 6.07) is 8.38. The monoisotopic (exact) mass is 283 g/mol. The highest BCUT2D eigenvalue weighted by atomic mass is 35.5. The SMILES string of the molecule is O=C(CCl)NCc1ccc(C[NH+]2CCOCC2)cc1. The third kappa shape index (κ3) is 4.82. The first kappa shape index (κ1) is 14.3. The van der Waals surface area contributed by atoms with Crippen molar-refractivity contribution in [3.8, 4) is 0 Å². The average molecular weight is 284 g/mol. The number of amides is 1. The van der Waals surface area contributed by atoms with Gasteiger partial charge in [0.25, 0.3) is 0 Å². The Labute approximate surface area is 118 Å². The van der Waals surface area contributed by atoms with Crippen molar-refractivity contribution >= 4 is 17.5 Å². The molecule has 1 aliphatic rings. The first-order valence-corrected chi connectivity index (χ1v) is 7.13. The van der Waals surface area contributed by atoms with E-state index in [9.17, 15) is 4.79 Å². The van der Waals surface area contributed by atoms with Crippen LogP contribution in [0.1, 0.15) is 11.1 Å². The Morgan fingerprint density at radius 3 is 2.47 bits per heavy atom. The van der Waals surface area contributed by atoms with E-state index in [0.717, 1.165) is 38.4 Å². The van der Waals surface area contributed by atoms with Gasteiger partial charge in [0, 0.05) is 12.1 Å². The number of nitrogens with one attached hydrogen (secondary N) is 2. The van der Waals surface area contributed by atoms with Crippen LogP contribution in [0.5, 0.6) is 0 Å². The van der Waals surface area contributed by atoms with Gasteiger partial charge in [0.2, 0.25) is 5.91 Å². The minimum Gasteiger partial charge on any atom is -0.370 e. The lowest BCUT2D eigenvalue weighted by molar-refractivity contribution is -0.921. The van der Waals surface area contributed by atoms with Crippen molar-refractivity contribution in [3.05, 3.63) is 35.4 Å². The summed E-state index contributed by atoms with van der Waals surface area (Å²) < 4.78 is 5.35. The number of rotatable bonds is 5. The Kier molecular flexibility index (Phi) is 5.63. The smallest absolute Gasteiger partial charge is 0.235 e. The molecule has 0 aliphatic carbocycles. The molecular weight excluding hydrogens is 264 g/mol. The third-order valence-corrected chi connectivity index (χ3v) is 3.53. The highest BCUT2D eigenvalue weighted by Crippen LogP contribution is 2.03. The van der Waals surface area contributed by atoms with E-state index >= 15 is 0 Å². The highest BCUT2D eigenvalue weighted by Gasteiger charge is 2.13. The fraction of sp³-hybridized carbons (Fsp3) is 0.500. The maximum Gasteiger partial charge on any atom is 0.235 e. The Hall–Kier alpha value is -1.10. The normalized spacial score (nSPS) is 16.3. The lowest BCUT2D eigenvalue weighted by Gasteiger charge is -2.23. The van der Waals surface area contributed by atoms with E-state index in [0.29, 0.717) is 6.54 Å². The van der Waals surface area contributed by atoms with Crippen molar-refractivity contribution in [2.75, 3.05) is 32.2 Å². The van der Waals surface area contributed by atoms with Gasteiger partial charge in [0.15, 0.2) is 0 Å². The Morgan fingerprint density at radius 1 is 1.21 bits per heavy atom. The molecule has 0 bridgehead atoms. The molecule has 1 aromatic carbocycles. The van der Waals surface area contributed by atoms with Gasteiger partial charge in [-0.25, -0.2) is 0 Å². The zero-order chi connectivity index (χ0) is 13.5. The molecule has 1 saturated heterocycles. The molecule has 1 amide bonds. The second-order valence-corrected chi connectivity index (χ2v) is 5.03. The fourth-order valence-electron chi connectivity index (χ4n) is 2.15. The van der Waals surface area contributed by atoms with Crippen LogP contribution in [0.4, 0.5) is 0 Å². The summed E-state index contributed by atoms with van der Waals surface area (Å²) in [7, 11) is 0. The Balaban J connectivity index is 1.82. The van der Waals surface area contributed by atoms with Crippen molar-refractivity contribution in [2.24, 2.45) is 0 Å². The number of halogens is 1. The van der Waals surface area contributed by atoms with Crippen LogP contribution in [0, 0.1) is 0 Å². The molecule has 4 nitrogen and oxygen atoms in total. The van der Waals surface area contributed by atoms with E-state index in [-0.39, 0.29) is 11.8 Å². The molecule has 0 unspecified atom stereocenters. The van der Waals surface area contributed by atoms with Gasteiger partial charge in [-0.15, -0.1) is 11.6 Å². The summed E-state index contributed by atoms with van der Waals surface area (Å²) in [6.07, 6.45) is 0. The lowest BCUT2D eigenvalue weighted by Crippen LogP contribution is -3.12. The number of carbonyl (C=O) groups is 1. The van der Waals surface area contributed by atoms with Crippen LogP contribution < -0.4 is 10.2 Å². The summed E-state index contributed by atoms with van der Waals surface area (Å²) in [4.78, 5) is 12.6. The van der Waals surface area contributed by atoms with Crippen LogP contribution in [-0.4, -0.2) is 38.1 Å². The molecule has 1 fully saturated rings. The highest BCUT2D eigenvalue weighted by molar-refractivity contribution is 6.27. The molecule has 0 atom stereocenters. The first-order chi connectivity index (χ1) is 9.28. The standard InChI is InChI=1S/C14H19ClN2O2/c15-9-14(18)16-10-12-1-3-13(4-2-12)11-17-5-7-19-8-6-17/h1-4H,5-11H2,(H,16,18)/p+1. The number of benzene rings is 1. The Morgan fingerprint density at radius 2 is 1.84 bits per heavy atom. The van der Waals surface area contributed by atoms with Gasteiger partial charge in [-0.1, -0.05) is 24.3 Å². The topological polar surface area (TPSA) is 42.8 Å². The first-order valence-electron chi connectivity index (χ1n) is 6.59. The number of quaternary nitrogens is 1. The van der Waals surface area contributed by atoms with Gasteiger partial charge >= 0.3 is 0 Å². The predicted octanol–water partition coefficient (Wildman–Crippen LogP) is -0.0433. The molecular formula is C14H20ClN2O2+. The number of ether oxygens (including phenoxy) is 1. The third-order valence-electron chi connectivity index (χ3n) is 3.29. The fourth-order valence-corrected chi connectivity index (χ4v) is 2.24. The molecule has 0 aromatic heterocycles. The summed E-state index contributed by atoms with van der Waals surface area (Å²) in [5.41, 5.74) is 2.42. The largest absolute Gasteiger partial charge is 0.370 e. The van der Waals surface area contributed by atoms with Crippen LogP contribution in [-0.2, 0) is 22.6 Å². The summed E-state index contributed by atoms with van der Waals surface area (Å²) >= 11 is 5.43. The van der Waals surface area contributed by atoms with Crippen LogP contribution in [0.3, 0.4) is 0 Å². The van der Waals surface area contributed by atoms with E-state index in [1.54, 1.807) is 4.90 Å². The summed E-state index contributed by atoms with van der Waals surface area (Å²) in [5, 5.41) is 2.76. The van der Waals surface area contributed by atoms with E-state index in [4.69, 9.17) is 16.3 Å². The van der Waals surface area contributed by atoms with Gasteiger partial charge in [-0.3, -0.25) is 4.79 Å². The molecule has 5 heteroatoms. The minimum atomic E-state index is -0.136. The van der Waals surface area contributed by atoms with E-state index in [1.807, 2.05) is 0 Å². The quantitative estimate of drug-likeness (QED) is 0.745. The molecule has 0 radical (unpaired) electrons. The van der Waals surface area contributed by atoms with E-state index < -0.39 is 0 Å². The molecule has 2 rings (SSSR count). The maximum absolute atomic E-state index is 11.1. The van der Waals surface area contributed by atoms with Crippen molar-refractivity contribution in [3.63, 3.8) is 0 Å². The molecule has 0 saturated carbocycles. The van der Waals surface area contributed by atoms with Gasteiger partial charge in [0.05, 0.1) is 13.2 Å². The van der Waals surface area contributed by atoms with E-state index in [1.165, 1.54) is 5.56 Å².